The molecule has 0 saturated heterocycles. The first-order valence-electron chi connectivity index (χ1n) is 6.58. The van der Waals surface area contributed by atoms with Crippen LogP contribution >= 0.6 is 11.3 Å². The number of benzene rings is 1. The number of carboxylic acid groups (broad SMARTS) is 1. The Bertz CT molecular complexity index is 595. The van der Waals surface area contributed by atoms with E-state index in [0.29, 0.717) is 12.0 Å². The number of anilines is 1. The zero-order valence-electron chi connectivity index (χ0n) is 11.7. The Morgan fingerprint density at radius 3 is 2.80 bits per heavy atom. The van der Waals surface area contributed by atoms with Crippen LogP contribution < -0.4 is 4.90 Å². The van der Waals surface area contributed by atoms with Crippen LogP contribution in [-0.4, -0.2) is 29.7 Å². The average Bonchev–Trinajstić information content (AvgIpc) is 2.94. The van der Waals surface area contributed by atoms with Gasteiger partial charge in [0.2, 0.25) is 0 Å². The van der Waals surface area contributed by atoms with E-state index >= 15 is 0 Å². The van der Waals surface area contributed by atoms with Gasteiger partial charge >= 0.3 is 5.97 Å². The topological polar surface area (TPSA) is 53.4 Å². The van der Waals surface area contributed by atoms with Gasteiger partial charge in [0.05, 0.1) is 11.3 Å². The maximum atomic E-state index is 11.2. The highest BCUT2D eigenvalue weighted by atomic mass is 32.1. The fourth-order valence-corrected chi connectivity index (χ4v) is 2.87. The molecule has 4 nitrogen and oxygen atoms in total. The molecule has 0 aliphatic heterocycles. The highest BCUT2D eigenvalue weighted by Crippen LogP contribution is 2.20. The standard InChI is InChI=1S/C15H18N2O2S/c1-3-12-10-20-15(16-12)17(2)9-8-11-6-4-5-7-13(11)14(18)19/h4-7,10H,3,8-9H2,1-2H3,(H,18,19). The van der Waals surface area contributed by atoms with Gasteiger partial charge in [0.15, 0.2) is 5.13 Å². The number of thiazole rings is 1. The van der Waals surface area contributed by atoms with Crippen molar-refractivity contribution in [3.63, 3.8) is 0 Å². The molecule has 0 unspecified atom stereocenters. The van der Waals surface area contributed by atoms with Crippen molar-refractivity contribution in [1.29, 1.82) is 0 Å². The van der Waals surface area contributed by atoms with E-state index in [-0.39, 0.29) is 0 Å². The van der Waals surface area contributed by atoms with Gasteiger partial charge in [0.1, 0.15) is 0 Å². The SMILES string of the molecule is CCc1csc(N(C)CCc2ccccc2C(=O)O)n1. The van der Waals surface area contributed by atoms with Crippen LogP contribution in [0.15, 0.2) is 29.6 Å². The molecule has 1 heterocycles. The van der Waals surface area contributed by atoms with Crippen LogP contribution in [-0.2, 0) is 12.8 Å². The Morgan fingerprint density at radius 2 is 2.15 bits per heavy atom. The van der Waals surface area contributed by atoms with Crippen molar-refractivity contribution in [1.82, 2.24) is 4.98 Å². The summed E-state index contributed by atoms with van der Waals surface area (Å²) in [6.45, 7) is 2.84. The molecule has 0 spiro atoms. The molecule has 106 valence electrons. The number of nitrogens with zero attached hydrogens (tertiary/aromatic N) is 2. The number of likely N-dealkylation sites (N-methyl/N-ethyl adjacent to an activating group) is 1. The minimum absolute atomic E-state index is 0.384. The average molecular weight is 290 g/mol. The summed E-state index contributed by atoms with van der Waals surface area (Å²) in [6, 6.07) is 7.15. The predicted octanol–water partition coefficient (Wildman–Crippen LogP) is 3.08. The summed E-state index contributed by atoms with van der Waals surface area (Å²) >= 11 is 1.63. The lowest BCUT2D eigenvalue weighted by molar-refractivity contribution is 0.0695. The van der Waals surface area contributed by atoms with Crippen molar-refractivity contribution < 1.29 is 9.90 Å². The summed E-state index contributed by atoms with van der Waals surface area (Å²) in [5.74, 6) is -0.870. The zero-order chi connectivity index (χ0) is 14.5. The molecule has 1 aromatic carbocycles. The minimum atomic E-state index is -0.870. The quantitative estimate of drug-likeness (QED) is 0.888. The fourth-order valence-electron chi connectivity index (χ4n) is 1.96. The van der Waals surface area contributed by atoms with Crippen molar-refractivity contribution >= 4 is 22.4 Å². The van der Waals surface area contributed by atoms with E-state index in [0.717, 1.165) is 29.4 Å². The first-order valence-corrected chi connectivity index (χ1v) is 7.46. The number of aryl methyl sites for hydroxylation is 1. The van der Waals surface area contributed by atoms with Gasteiger partial charge in [-0.3, -0.25) is 0 Å². The molecule has 2 aromatic rings. The number of rotatable bonds is 6. The maximum Gasteiger partial charge on any atom is 0.335 e. The fraction of sp³-hybridized carbons (Fsp3) is 0.333. The second-order valence-corrected chi connectivity index (χ2v) is 5.45. The summed E-state index contributed by atoms with van der Waals surface area (Å²) < 4.78 is 0. The Kier molecular flexibility index (Phi) is 4.74. The van der Waals surface area contributed by atoms with Crippen LogP contribution in [0.25, 0.3) is 0 Å². The number of aromatic nitrogens is 1. The second-order valence-electron chi connectivity index (χ2n) is 4.61. The molecular weight excluding hydrogens is 272 g/mol. The van der Waals surface area contributed by atoms with Crippen molar-refractivity contribution in [2.24, 2.45) is 0 Å². The van der Waals surface area contributed by atoms with Crippen LogP contribution in [0.4, 0.5) is 5.13 Å². The van der Waals surface area contributed by atoms with E-state index in [4.69, 9.17) is 5.11 Å². The molecule has 0 amide bonds. The summed E-state index contributed by atoms with van der Waals surface area (Å²) in [6.07, 6.45) is 1.63. The molecule has 1 aromatic heterocycles. The van der Waals surface area contributed by atoms with Gasteiger partial charge in [-0.15, -0.1) is 11.3 Å². The smallest absolute Gasteiger partial charge is 0.335 e. The molecule has 0 radical (unpaired) electrons. The van der Waals surface area contributed by atoms with Gasteiger partial charge in [0.25, 0.3) is 0 Å². The normalized spacial score (nSPS) is 10.5. The van der Waals surface area contributed by atoms with E-state index in [1.54, 1.807) is 23.5 Å². The third kappa shape index (κ3) is 3.36. The molecule has 20 heavy (non-hydrogen) atoms. The first-order chi connectivity index (χ1) is 9.61. The Morgan fingerprint density at radius 1 is 1.40 bits per heavy atom. The summed E-state index contributed by atoms with van der Waals surface area (Å²) in [4.78, 5) is 17.8. The Hall–Kier alpha value is -1.88. The Balaban J connectivity index is 2.03. The van der Waals surface area contributed by atoms with Gasteiger partial charge in [-0.05, 0) is 24.5 Å². The number of hydrogen-bond acceptors (Lipinski definition) is 4. The van der Waals surface area contributed by atoms with Gasteiger partial charge < -0.3 is 10.0 Å². The molecule has 0 bridgehead atoms. The van der Waals surface area contributed by atoms with Crippen molar-refractivity contribution in [3.8, 4) is 0 Å². The van der Waals surface area contributed by atoms with E-state index in [1.165, 1.54) is 0 Å². The molecule has 1 N–H and O–H groups in total. The molecule has 5 heteroatoms. The van der Waals surface area contributed by atoms with E-state index < -0.39 is 5.97 Å². The van der Waals surface area contributed by atoms with Crippen LogP contribution in [0.5, 0.6) is 0 Å². The molecule has 0 atom stereocenters. The second kappa shape index (κ2) is 6.52. The molecule has 0 saturated carbocycles. The highest BCUT2D eigenvalue weighted by molar-refractivity contribution is 7.13. The zero-order valence-corrected chi connectivity index (χ0v) is 12.5. The number of carbonyl (C=O) groups is 1. The van der Waals surface area contributed by atoms with Crippen LogP contribution in [0.3, 0.4) is 0 Å². The lowest BCUT2D eigenvalue weighted by atomic mass is 10.0. The summed E-state index contributed by atoms with van der Waals surface area (Å²) in [7, 11) is 1.99. The lowest BCUT2D eigenvalue weighted by Gasteiger charge is -2.16. The molecule has 2 rings (SSSR count). The third-order valence-corrected chi connectivity index (χ3v) is 4.20. The summed E-state index contributed by atoms with van der Waals surface area (Å²) in [5.41, 5.74) is 2.34. The predicted molar refractivity (Wildman–Crippen MR) is 81.9 cm³/mol. The van der Waals surface area contributed by atoms with E-state index in [2.05, 4.69) is 22.2 Å². The van der Waals surface area contributed by atoms with Crippen LogP contribution in [0.1, 0.15) is 28.5 Å². The van der Waals surface area contributed by atoms with Crippen molar-refractivity contribution in [2.75, 3.05) is 18.5 Å². The molecule has 0 aliphatic rings. The monoisotopic (exact) mass is 290 g/mol. The van der Waals surface area contributed by atoms with Gasteiger partial charge in [-0.1, -0.05) is 25.1 Å². The minimum Gasteiger partial charge on any atom is -0.478 e. The lowest BCUT2D eigenvalue weighted by Crippen LogP contribution is -2.21. The molecule has 0 fully saturated rings. The van der Waals surface area contributed by atoms with Crippen LogP contribution in [0, 0.1) is 0 Å². The maximum absolute atomic E-state index is 11.2. The Labute approximate surface area is 122 Å². The number of hydrogen-bond donors (Lipinski definition) is 1. The van der Waals surface area contributed by atoms with Crippen molar-refractivity contribution in [2.45, 2.75) is 19.8 Å². The molecular formula is C15H18N2O2S. The van der Waals surface area contributed by atoms with Crippen LogP contribution in [0.2, 0.25) is 0 Å². The van der Waals surface area contributed by atoms with Gasteiger partial charge in [0, 0.05) is 19.0 Å². The van der Waals surface area contributed by atoms with E-state index in [1.807, 2.05) is 19.2 Å². The highest BCUT2D eigenvalue weighted by Gasteiger charge is 2.11. The molecule has 0 aliphatic carbocycles. The number of aromatic carboxylic acids is 1. The summed E-state index contributed by atoms with van der Waals surface area (Å²) in [5, 5.41) is 12.2. The first kappa shape index (κ1) is 14.5. The van der Waals surface area contributed by atoms with Crippen molar-refractivity contribution in [3.05, 3.63) is 46.5 Å². The van der Waals surface area contributed by atoms with Gasteiger partial charge in [-0.2, -0.15) is 0 Å². The van der Waals surface area contributed by atoms with Gasteiger partial charge in [-0.25, -0.2) is 9.78 Å². The largest absolute Gasteiger partial charge is 0.478 e. The third-order valence-electron chi connectivity index (χ3n) is 3.19. The number of carboxylic acids is 1. The van der Waals surface area contributed by atoms with E-state index in [9.17, 15) is 4.79 Å².